The molecule has 18 heavy (non-hydrogen) atoms. The molecule has 1 heterocycles. The van der Waals surface area contributed by atoms with Gasteiger partial charge in [-0.15, -0.1) is 0 Å². The number of hydrogen-bond acceptors (Lipinski definition) is 4. The van der Waals surface area contributed by atoms with Gasteiger partial charge in [0.25, 0.3) is 0 Å². The Morgan fingerprint density at radius 3 is 2.56 bits per heavy atom. The summed E-state index contributed by atoms with van der Waals surface area (Å²) in [5.74, 6) is -0.246. The quantitative estimate of drug-likeness (QED) is 0.571. The van der Waals surface area contributed by atoms with Gasteiger partial charge in [-0.05, 0) is 12.5 Å². The lowest BCUT2D eigenvalue weighted by Gasteiger charge is -2.14. The highest BCUT2D eigenvalue weighted by atomic mass is 16.5. The predicted octanol–water partition coefficient (Wildman–Crippen LogP) is 0.0903. The maximum absolute atomic E-state index is 11.1. The van der Waals surface area contributed by atoms with E-state index in [1.807, 2.05) is 0 Å². The topological polar surface area (TPSA) is 75.7 Å². The van der Waals surface area contributed by atoms with E-state index < -0.39 is 0 Å². The fourth-order valence-electron chi connectivity index (χ4n) is 1.33. The molecule has 0 aromatic rings. The summed E-state index contributed by atoms with van der Waals surface area (Å²) in [5, 5.41) is 2.63. The smallest absolute Gasteiger partial charge is 0.302 e. The zero-order valence-electron chi connectivity index (χ0n) is 10.9. The lowest BCUT2D eigenvalue weighted by atomic mass is 10.4. The van der Waals surface area contributed by atoms with E-state index in [1.165, 1.54) is 20.1 Å². The number of nitrogens with one attached hydrogen (secondary N) is 1. The predicted molar refractivity (Wildman–Crippen MR) is 66.7 cm³/mol. The first-order valence-corrected chi connectivity index (χ1v) is 5.73. The van der Waals surface area contributed by atoms with Crippen LogP contribution in [0.25, 0.3) is 0 Å². The van der Waals surface area contributed by atoms with Crippen molar-refractivity contribution in [3.63, 3.8) is 0 Å². The molecule has 0 saturated carbocycles. The summed E-state index contributed by atoms with van der Waals surface area (Å²) in [5.41, 5.74) is 0. The van der Waals surface area contributed by atoms with Gasteiger partial charge >= 0.3 is 5.97 Å². The zero-order chi connectivity index (χ0) is 14.0. The zero-order valence-corrected chi connectivity index (χ0v) is 10.9. The molecule has 0 aromatic heterocycles. The van der Waals surface area contributed by atoms with Crippen molar-refractivity contribution >= 4 is 17.8 Å². The molecule has 1 aliphatic rings. The van der Waals surface area contributed by atoms with Crippen LogP contribution in [0.4, 0.5) is 0 Å². The second-order valence-corrected chi connectivity index (χ2v) is 3.68. The number of methoxy groups -OCH3 is 1. The van der Waals surface area contributed by atoms with Gasteiger partial charge in [0, 0.05) is 33.0 Å². The number of carbonyl (C=O) groups excluding carboxylic acids is 3. The van der Waals surface area contributed by atoms with Crippen molar-refractivity contribution < 1.29 is 19.1 Å². The highest BCUT2D eigenvalue weighted by molar-refractivity contribution is 5.86. The van der Waals surface area contributed by atoms with Crippen molar-refractivity contribution in [1.82, 2.24) is 10.2 Å². The molecule has 0 atom stereocenters. The van der Waals surface area contributed by atoms with Crippen molar-refractivity contribution in [2.24, 2.45) is 0 Å². The number of esters is 1. The highest BCUT2D eigenvalue weighted by Crippen LogP contribution is 2.07. The SMILES string of the molecule is C=CC(=O)NCCN1CCCC1=O.COC(C)=O. The molecular formula is C12H20N2O4. The summed E-state index contributed by atoms with van der Waals surface area (Å²) < 4.78 is 4.11. The number of hydrogen-bond donors (Lipinski definition) is 1. The largest absolute Gasteiger partial charge is 0.469 e. The number of likely N-dealkylation sites (tertiary alicyclic amines) is 1. The molecule has 0 radical (unpaired) electrons. The molecule has 0 spiro atoms. The minimum absolute atomic E-state index is 0.188. The van der Waals surface area contributed by atoms with Gasteiger partial charge < -0.3 is 15.0 Å². The Bertz CT molecular complexity index is 315. The first-order chi connectivity index (χ1) is 8.51. The number of ether oxygens (including phenoxy) is 1. The molecule has 0 bridgehead atoms. The van der Waals surface area contributed by atoms with E-state index in [1.54, 1.807) is 4.90 Å². The van der Waals surface area contributed by atoms with Gasteiger partial charge in [-0.2, -0.15) is 0 Å². The maximum atomic E-state index is 11.1. The minimum atomic E-state index is -0.245. The maximum Gasteiger partial charge on any atom is 0.302 e. The number of rotatable bonds is 4. The first kappa shape index (κ1) is 16.1. The molecule has 2 amide bonds. The molecule has 0 aliphatic carbocycles. The summed E-state index contributed by atoms with van der Waals surface area (Å²) in [7, 11) is 1.35. The van der Waals surface area contributed by atoms with E-state index in [4.69, 9.17) is 0 Å². The molecule has 1 rings (SSSR count). The van der Waals surface area contributed by atoms with Crippen LogP contribution in [0.15, 0.2) is 12.7 Å². The second-order valence-electron chi connectivity index (χ2n) is 3.68. The number of carbonyl (C=O) groups is 3. The standard InChI is InChI=1S/C9H14N2O2.C3H6O2/c1-2-8(12)10-5-7-11-6-3-4-9(11)13;1-3(4)5-2/h2H,1,3-7H2,(H,10,12);1-2H3. The van der Waals surface area contributed by atoms with Crippen LogP contribution in [0, 0.1) is 0 Å². The van der Waals surface area contributed by atoms with Gasteiger partial charge in [0.05, 0.1) is 7.11 Å². The highest BCUT2D eigenvalue weighted by Gasteiger charge is 2.18. The van der Waals surface area contributed by atoms with Crippen LogP contribution in [-0.4, -0.2) is 49.4 Å². The van der Waals surface area contributed by atoms with E-state index in [-0.39, 0.29) is 17.8 Å². The third-order valence-corrected chi connectivity index (χ3v) is 2.33. The summed E-state index contributed by atoms with van der Waals surface area (Å²) in [6.07, 6.45) is 2.81. The molecule has 1 fully saturated rings. The number of nitrogens with zero attached hydrogens (tertiary/aromatic N) is 1. The lowest BCUT2D eigenvalue weighted by molar-refractivity contribution is -0.138. The van der Waals surface area contributed by atoms with Gasteiger partial charge in [-0.1, -0.05) is 6.58 Å². The van der Waals surface area contributed by atoms with Crippen molar-refractivity contribution in [3.05, 3.63) is 12.7 Å². The summed E-state index contributed by atoms with van der Waals surface area (Å²) in [6.45, 7) is 6.64. The normalized spacial score (nSPS) is 13.4. The van der Waals surface area contributed by atoms with Gasteiger partial charge in [0.15, 0.2) is 0 Å². The van der Waals surface area contributed by atoms with Gasteiger partial charge in [0.1, 0.15) is 0 Å². The Hall–Kier alpha value is -1.85. The summed E-state index contributed by atoms with van der Waals surface area (Å²) >= 11 is 0. The summed E-state index contributed by atoms with van der Waals surface area (Å²) in [4.78, 5) is 33.2. The molecule has 1 N–H and O–H groups in total. The van der Waals surface area contributed by atoms with Crippen LogP contribution in [-0.2, 0) is 19.1 Å². The molecule has 102 valence electrons. The molecule has 6 nitrogen and oxygen atoms in total. The Kier molecular flexibility index (Phi) is 8.26. The van der Waals surface area contributed by atoms with Crippen LogP contribution < -0.4 is 5.32 Å². The summed E-state index contributed by atoms with van der Waals surface area (Å²) in [6, 6.07) is 0. The van der Waals surface area contributed by atoms with Gasteiger partial charge in [-0.25, -0.2) is 0 Å². The molecule has 6 heteroatoms. The van der Waals surface area contributed by atoms with E-state index in [0.717, 1.165) is 13.0 Å². The van der Waals surface area contributed by atoms with Crippen LogP contribution in [0.3, 0.4) is 0 Å². The molecule has 1 saturated heterocycles. The third kappa shape index (κ3) is 7.43. The van der Waals surface area contributed by atoms with Crippen molar-refractivity contribution in [1.29, 1.82) is 0 Å². The average molecular weight is 256 g/mol. The molecule has 0 unspecified atom stereocenters. The average Bonchev–Trinajstić information content (AvgIpc) is 2.75. The van der Waals surface area contributed by atoms with Gasteiger partial charge in [-0.3, -0.25) is 14.4 Å². The van der Waals surface area contributed by atoms with Crippen molar-refractivity contribution in [2.45, 2.75) is 19.8 Å². The van der Waals surface area contributed by atoms with E-state index in [9.17, 15) is 14.4 Å². The van der Waals surface area contributed by atoms with E-state index in [0.29, 0.717) is 19.5 Å². The van der Waals surface area contributed by atoms with E-state index in [2.05, 4.69) is 16.6 Å². The molecule has 1 aliphatic heterocycles. The Labute approximate surface area is 107 Å². The minimum Gasteiger partial charge on any atom is -0.469 e. The van der Waals surface area contributed by atoms with Crippen LogP contribution in [0.1, 0.15) is 19.8 Å². The lowest BCUT2D eigenvalue weighted by Crippen LogP contribution is -2.34. The van der Waals surface area contributed by atoms with Crippen molar-refractivity contribution in [2.75, 3.05) is 26.7 Å². The van der Waals surface area contributed by atoms with Crippen molar-refractivity contribution in [3.8, 4) is 0 Å². The fourth-order valence-corrected chi connectivity index (χ4v) is 1.33. The van der Waals surface area contributed by atoms with Crippen LogP contribution in [0.5, 0.6) is 0 Å². The molecule has 0 aromatic carbocycles. The van der Waals surface area contributed by atoms with E-state index >= 15 is 0 Å². The monoisotopic (exact) mass is 256 g/mol. The Balaban J connectivity index is 0.000000494. The van der Waals surface area contributed by atoms with Gasteiger partial charge in [0.2, 0.25) is 11.8 Å². The fraction of sp³-hybridized carbons (Fsp3) is 0.583. The molecular weight excluding hydrogens is 236 g/mol. The first-order valence-electron chi connectivity index (χ1n) is 5.73. The Morgan fingerprint density at radius 2 is 2.17 bits per heavy atom. The van der Waals surface area contributed by atoms with Crippen LogP contribution in [0.2, 0.25) is 0 Å². The Morgan fingerprint density at radius 1 is 1.56 bits per heavy atom. The van der Waals surface area contributed by atoms with Crippen LogP contribution >= 0.6 is 0 Å². The third-order valence-electron chi connectivity index (χ3n) is 2.33. The second kappa shape index (κ2) is 9.21. The number of amides is 2.